The number of benzene rings is 2. The summed E-state index contributed by atoms with van der Waals surface area (Å²) in [6.07, 6.45) is 3.80. The molecule has 0 saturated heterocycles. The number of anilines is 3. The van der Waals surface area contributed by atoms with Gasteiger partial charge in [-0.3, -0.25) is 9.10 Å². The van der Waals surface area contributed by atoms with Crippen molar-refractivity contribution in [1.82, 2.24) is 9.97 Å². The lowest BCUT2D eigenvalue weighted by Crippen LogP contribution is -2.37. The van der Waals surface area contributed by atoms with Crippen LogP contribution in [0, 0.1) is 0 Å². The molecule has 2 N–H and O–H groups in total. The zero-order valence-electron chi connectivity index (χ0n) is 18.4. The van der Waals surface area contributed by atoms with E-state index in [0.717, 1.165) is 10.6 Å². The first-order valence-electron chi connectivity index (χ1n) is 9.99. The van der Waals surface area contributed by atoms with Gasteiger partial charge in [-0.2, -0.15) is 0 Å². The van der Waals surface area contributed by atoms with E-state index < -0.39 is 32.5 Å². The lowest BCUT2D eigenvalue weighted by molar-refractivity contribution is -0.114. The molecule has 0 bridgehead atoms. The number of aromatic nitrogens is 2. The van der Waals surface area contributed by atoms with Crippen molar-refractivity contribution in [2.45, 2.75) is 11.8 Å². The van der Waals surface area contributed by atoms with Crippen molar-refractivity contribution in [3.63, 3.8) is 0 Å². The lowest BCUT2D eigenvalue weighted by atomic mass is 10.3. The first-order valence-corrected chi connectivity index (χ1v) is 13.3. The smallest absolute Gasteiger partial charge is 0.264 e. The predicted molar refractivity (Wildman–Crippen MR) is 128 cm³/mol. The molecule has 13 heteroatoms. The van der Waals surface area contributed by atoms with Gasteiger partial charge >= 0.3 is 0 Å². The van der Waals surface area contributed by atoms with E-state index in [9.17, 15) is 21.6 Å². The molecule has 1 amide bonds. The minimum atomic E-state index is -3.93. The molecule has 0 atom stereocenters. The van der Waals surface area contributed by atoms with Crippen LogP contribution < -0.4 is 19.1 Å². The normalized spacial score (nSPS) is 11.5. The molecule has 0 aliphatic carbocycles. The van der Waals surface area contributed by atoms with Crippen LogP contribution in [0.15, 0.2) is 71.9 Å². The number of hydrogen-bond donors (Lipinski definition) is 2. The molecule has 1 heterocycles. The summed E-state index contributed by atoms with van der Waals surface area (Å²) in [4.78, 5) is 20.1. The first kappa shape index (κ1) is 24.9. The van der Waals surface area contributed by atoms with Crippen LogP contribution in [0.5, 0.6) is 5.75 Å². The third kappa shape index (κ3) is 6.65. The summed E-state index contributed by atoms with van der Waals surface area (Å²) < 4.78 is 58.0. The SMILES string of the molecule is CCOc1ccc(N(CC(=O)Nc2ccc(S(=O)(=O)Nc3ncccn3)cc2)S(C)(=O)=O)cc1. The molecule has 0 fully saturated rings. The number of amides is 1. The molecule has 0 unspecified atom stereocenters. The number of hydrogen-bond acceptors (Lipinski definition) is 8. The van der Waals surface area contributed by atoms with Gasteiger partial charge in [0.25, 0.3) is 10.0 Å². The first-order chi connectivity index (χ1) is 16.1. The number of rotatable bonds is 10. The molecule has 0 saturated carbocycles. The molecule has 3 rings (SSSR count). The topological polar surface area (TPSA) is 148 Å². The van der Waals surface area contributed by atoms with Crippen LogP contribution in [0.3, 0.4) is 0 Å². The second-order valence-electron chi connectivity index (χ2n) is 6.95. The van der Waals surface area contributed by atoms with E-state index in [1.54, 1.807) is 30.3 Å². The van der Waals surface area contributed by atoms with Gasteiger partial charge in [-0.05, 0) is 61.5 Å². The largest absolute Gasteiger partial charge is 0.494 e. The fraction of sp³-hybridized carbons (Fsp3) is 0.190. The fourth-order valence-corrected chi connectivity index (χ4v) is 4.67. The summed E-state index contributed by atoms with van der Waals surface area (Å²) in [6, 6.07) is 13.2. The Kier molecular flexibility index (Phi) is 7.68. The molecule has 3 aromatic rings. The third-order valence-electron chi connectivity index (χ3n) is 4.36. The zero-order valence-corrected chi connectivity index (χ0v) is 20.0. The average Bonchev–Trinajstić information content (AvgIpc) is 2.78. The number of sulfonamides is 2. The highest BCUT2D eigenvalue weighted by molar-refractivity contribution is 7.92. The van der Waals surface area contributed by atoms with E-state index in [4.69, 9.17) is 4.74 Å². The van der Waals surface area contributed by atoms with E-state index in [2.05, 4.69) is 20.0 Å². The maximum atomic E-state index is 12.5. The van der Waals surface area contributed by atoms with Crippen molar-refractivity contribution in [3.05, 3.63) is 67.0 Å². The van der Waals surface area contributed by atoms with Gasteiger partial charge in [0.05, 0.1) is 23.4 Å². The highest BCUT2D eigenvalue weighted by atomic mass is 32.2. The van der Waals surface area contributed by atoms with Gasteiger partial charge in [0.15, 0.2) is 0 Å². The predicted octanol–water partition coefficient (Wildman–Crippen LogP) is 2.08. The van der Waals surface area contributed by atoms with Crippen LogP contribution in [0.4, 0.5) is 17.3 Å². The Balaban J connectivity index is 1.69. The van der Waals surface area contributed by atoms with Crippen molar-refractivity contribution in [2.75, 3.05) is 33.8 Å². The molecular weight excluding hydrogens is 482 g/mol. The van der Waals surface area contributed by atoms with E-state index in [0.29, 0.717) is 23.7 Å². The standard InChI is InChI=1S/C21H23N5O6S2/c1-3-32-18-9-7-17(8-10-18)26(33(2,28)29)15-20(27)24-16-5-11-19(12-6-16)34(30,31)25-21-22-13-4-14-23-21/h4-14H,3,15H2,1-2H3,(H,24,27)(H,22,23,25). The van der Waals surface area contributed by atoms with Gasteiger partial charge in [-0.25, -0.2) is 31.5 Å². The average molecular weight is 506 g/mol. The lowest BCUT2D eigenvalue weighted by Gasteiger charge is -2.22. The van der Waals surface area contributed by atoms with Gasteiger partial charge in [-0.1, -0.05) is 0 Å². The van der Waals surface area contributed by atoms with E-state index in [1.165, 1.54) is 36.7 Å². The molecule has 34 heavy (non-hydrogen) atoms. The van der Waals surface area contributed by atoms with E-state index in [1.807, 2.05) is 6.92 Å². The minimum Gasteiger partial charge on any atom is -0.494 e. The molecule has 0 radical (unpaired) electrons. The molecule has 2 aromatic carbocycles. The van der Waals surface area contributed by atoms with Crippen LogP contribution in [0.25, 0.3) is 0 Å². The second-order valence-corrected chi connectivity index (χ2v) is 10.5. The summed E-state index contributed by atoms with van der Waals surface area (Å²) in [7, 11) is -7.68. The highest BCUT2D eigenvalue weighted by Crippen LogP contribution is 2.22. The summed E-state index contributed by atoms with van der Waals surface area (Å²) in [6.45, 7) is 1.82. The Morgan fingerprint density at radius 1 is 0.971 bits per heavy atom. The van der Waals surface area contributed by atoms with Gasteiger partial charge < -0.3 is 10.1 Å². The summed E-state index contributed by atoms with van der Waals surface area (Å²) in [5, 5.41) is 2.56. The van der Waals surface area contributed by atoms with Crippen LogP contribution >= 0.6 is 0 Å². The quantitative estimate of drug-likeness (QED) is 0.426. The number of nitrogens with one attached hydrogen (secondary N) is 2. The highest BCUT2D eigenvalue weighted by Gasteiger charge is 2.21. The Hall–Kier alpha value is -3.71. The van der Waals surface area contributed by atoms with Crippen molar-refractivity contribution in [3.8, 4) is 5.75 Å². The van der Waals surface area contributed by atoms with Crippen LogP contribution in [-0.4, -0.2) is 52.1 Å². The van der Waals surface area contributed by atoms with Gasteiger partial charge in [0.1, 0.15) is 12.3 Å². The van der Waals surface area contributed by atoms with E-state index >= 15 is 0 Å². The Morgan fingerprint density at radius 3 is 2.15 bits per heavy atom. The summed E-state index contributed by atoms with van der Waals surface area (Å²) in [5.41, 5.74) is 0.594. The van der Waals surface area contributed by atoms with Crippen molar-refractivity contribution in [2.24, 2.45) is 0 Å². The van der Waals surface area contributed by atoms with Crippen LogP contribution in [0.2, 0.25) is 0 Å². The van der Waals surface area contributed by atoms with Crippen molar-refractivity contribution >= 4 is 43.3 Å². The van der Waals surface area contributed by atoms with Crippen LogP contribution in [-0.2, 0) is 24.8 Å². The molecular formula is C21H23N5O6S2. The Bertz CT molecular complexity index is 1330. The maximum Gasteiger partial charge on any atom is 0.264 e. The third-order valence-corrected chi connectivity index (χ3v) is 6.85. The number of carbonyl (C=O) groups excluding carboxylic acids is 1. The number of ether oxygens (including phenoxy) is 1. The Morgan fingerprint density at radius 2 is 1.59 bits per heavy atom. The van der Waals surface area contributed by atoms with E-state index in [-0.39, 0.29) is 10.8 Å². The monoisotopic (exact) mass is 505 g/mol. The number of carbonyl (C=O) groups is 1. The van der Waals surface area contributed by atoms with Crippen molar-refractivity contribution < 1.29 is 26.4 Å². The molecule has 1 aromatic heterocycles. The van der Waals surface area contributed by atoms with Gasteiger partial charge in [0, 0.05) is 18.1 Å². The molecule has 11 nitrogen and oxygen atoms in total. The second kappa shape index (κ2) is 10.5. The molecule has 180 valence electrons. The zero-order chi connectivity index (χ0) is 24.8. The maximum absolute atomic E-state index is 12.5. The van der Waals surface area contributed by atoms with Gasteiger partial charge in [-0.15, -0.1) is 0 Å². The Labute approximate surface area is 197 Å². The number of nitrogens with zero attached hydrogens (tertiary/aromatic N) is 3. The molecule has 0 spiro atoms. The van der Waals surface area contributed by atoms with Crippen molar-refractivity contribution in [1.29, 1.82) is 0 Å². The van der Waals surface area contributed by atoms with Gasteiger partial charge in [0.2, 0.25) is 21.9 Å². The fourth-order valence-electron chi connectivity index (χ4n) is 2.85. The van der Waals surface area contributed by atoms with Crippen LogP contribution in [0.1, 0.15) is 6.92 Å². The summed E-state index contributed by atoms with van der Waals surface area (Å²) >= 11 is 0. The molecule has 0 aliphatic rings. The minimum absolute atomic E-state index is 0.0647. The molecule has 0 aliphatic heterocycles. The summed E-state index contributed by atoms with van der Waals surface area (Å²) in [5.74, 6) is -0.103.